The highest BCUT2D eigenvalue weighted by atomic mass is 79.9. The molecular weight excluding hydrogens is 266 g/mol. The highest BCUT2D eigenvalue weighted by Gasteiger charge is 2.05. The van der Waals surface area contributed by atoms with Crippen LogP contribution < -0.4 is 4.74 Å². The molecule has 1 aromatic rings. The number of ether oxygens (including phenoxy) is 1. The van der Waals surface area contributed by atoms with Crippen molar-refractivity contribution < 1.29 is 4.74 Å². The van der Waals surface area contributed by atoms with E-state index in [1.807, 2.05) is 0 Å². The lowest BCUT2D eigenvalue weighted by Crippen LogP contribution is -2.15. The van der Waals surface area contributed by atoms with Crippen LogP contribution in [0.5, 0.6) is 5.75 Å². The molecule has 0 aromatic heterocycles. The number of nitrogens with zero attached hydrogens (tertiary/aromatic N) is 1. The summed E-state index contributed by atoms with van der Waals surface area (Å²) in [4.78, 5) is 2.17. The molecule has 1 aromatic carbocycles. The molecule has 0 spiro atoms. The van der Waals surface area contributed by atoms with Crippen molar-refractivity contribution in [3.05, 3.63) is 27.7 Å². The molecule has 0 aliphatic carbocycles. The van der Waals surface area contributed by atoms with Gasteiger partial charge in [-0.05, 0) is 57.6 Å². The van der Waals surface area contributed by atoms with E-state index >= 15 is 0 Å². The molecule has 2 nitrogen and oxygen atoms in total. The Morgan fingerprint density at radius 2 is 1.75 bits per heavy atom. The van der Waals surface area contributed by atoms with E-state index in [2.05, 4.69) is 60.9 Å². The van der Waals surface area contributed by atoms with Crippen LogP contribution in [0.2, 0.25) is 0 Å². The molecule has 0 heterocycles. The average molecular weight is 286 g/mol. The first kappa shape index (κ1) is 13.5. The lowest BCUT2D eigenvalue weighted by atomic mass is 10.1. The minimum atomic E-state index is 0.779. The Labute approximate surface area is 107 Å². The van der Waals surface area contributed by atoms with E-state index in [0.29, 0.717) is 0 Å². The van der Waals surface area contributed by atoms with Crippen molar-refractivity contribution in [2.24, 2.45) is 0 Å². The van der Waals surface area contributed by atoms with Gasteiger partial charge >= 0.3 is 0 Å². The van der Waals surface area contributed by atoms with E-state index in [4.69, 9.17) is 4.74 Å². The monoisotopic (exact) mass is 285 g/mol. The van der Waals surface area contributed by atoms with Gasteiger partial charge in [0.15, 0.2) is 0 Å². The predicted molar refractivity (Wildman–Crippen MR) is 72.3 cm³/mol. The predicted octanol–water partition coefficient (Wildman–Crippen LogP) is 3.40. The van der Waals surface area contributed by atoms with Crippen LogP contribution in [-0.4, -0.2) is 32.1 Å². The van der Waals surface area contributed by atoms with Crippen LogP contribution in [0.3, 0.4) is 0 Å². The molecule has 3 heteroatoms. The van der Waals surface area contributed by atoms with Crippen molar-refractivity contribution in [3.8, 4) is 5.75 Å². The zero-order valence-corrected chi connectivity index (χ0v) is 12.1. The van der Waals surface area contributed by atoms with Gasteiger partial charge in [0.2, 0.25) is 0 Å². The molecule has 0 unspecified atom stereocenters. The molecule has 0 saturated heterocycles. The Balaban J connectivity index is 2.54. The quantitative estimate of drug-likeness (QED) is 0.769. The molecule has 0 aliphatic rings. The summed E-state index contributed by atoms with van der Waals surface area (Å²) in [5, 5.41) is 0. The Hall–Kier alpha value is -0.540. The Bertz CT molecular complexity index is 327. The van der Waals surface area contributed by atoms with Gasteiger partial charge < -0.3 is 9.64 Å². The second-order valence-electron chi connectivity index (χ2n) is 4.37. The molecule has 16 heavy (non-hydrogen) atoms. The van der Waals surface area contributed by atoms with Crippen molar-refractivity contribution >= 4 is 15.9 Å². The van der Waals surface area contributed by atoms with Gasteiger partial charge in [0.25, 0.3) is 0 Å². The van der Waals surface area contributed by atoms with Gasteiger partial charge in [-0.25, -0.2) is 0 Å². The molecule has 0 bridgehead atoms. The second-order valence-corrected chi connectivity index (χ2v) is 5.29. The smallest absolute Gasteiger partial charge is 0.125 e. The van der Waals surface area contributed by atoms with Crippen LogP contribution in [0.15, 0.2) is 16.6 Å². The number of benzene rings is 1. The van der Waals surface area contributed by atoms with Crippen LogP contribution in [0.25, 0.3) is 0 Å². The Morgan fingerprint density at radius 1 is 1.19 bits per heavy atom. The van der Waals surface area contributed by atoms with Crippen molar-refractivity contribution in [2.75, 3.05) is 27.2 Å². The number of hydrogen-bond acceptors (Lipinski definition) is 2. The molecule has 0 fully saturated rings. The number of halogens is 1. The van der Waals surface area contributed by atoms with Crippen LogP contribution in [-0.2, 0) is 0 Å². The molecule has 0 N–H and O–H groups in total. The first-order chi connectivity index (χ1) is 7.50. The van der Waals surface area contributed by atoms with Crippen LogP contribution in [0.4, 0.5) is 0 Å². The molecule has 0 radical (unpaired) electrons. The number of aryl methyl sites for hydroxylation is 2. The van der Waals surface area contributed by atoms with Gasteiger partial charge in [0.1, 0.15) is 5.75 Å². The summed E-state index contributed by atoms with van der Waals surface area (Å²) in [5.41, 5.74) is 2.38. The summed E-state index contributed by atoms with van der Waals surface area (Å²) in [5.74, 6) is 1.03. The molecule has 0 aliphatic heterocycles. The fourth-order valence-electron chi connectivity index (χ4n) is 1.68. The minimum absolute atomic E-state index is 0.779. The SMILES string of the molecule is Cc1cc(Br)cc(C)c1OCCCN(C)C. The maximum absolute atomic E-state index is 5.83. The standard InChI is InChI=1S/C13H20BrNO/c1-10-8-12(14)9-11(2)13(10)16-7-5-6-15(3)4/h8-9H,5-7H2,1-4H3. The molecule has 0 atom stereocenters. The fourth-order valence-corrected chi connectivity index (χ4v) is 2.37. The van der Waals surface area contributed by atoms with E-state index < -0.39 is 0 Å². The summed E-state index contributed by atoms with van der Waals surface area (Å²) in [6.07, 6.45) is 1.06. The summed E-state index contributed by atoms with van der Waals surface area (Å²) in [6.45, 7) is 6.01. The van der Waals surface area contributed by atoms with Crippen molar-refractivity contribution in [1.82, 2.24) is 4.90 Å². The van der Waals surface area contributed by atoms with Gasteiger partial charge in [-0.1, -0.05) is 15.9 Å². The van der Waals surface area contributed by atoms with Crippen molar-refractivity contribution in [3.63, 3.8) is 0 Å². The zero-order valence-electron chi connectivity index (χ0n) is 10.5. The third-order valence-electron chi connectivity index (χ3n) is 2.42. The third kappa shape index (κ3) is 4.14. The van der Waals surface area contributed by atoms with Gasteiger partial charge in [-0.3, -0.25) is 0 Å². The number of hydrogen-bond donors (Lipinski definition) is 0. The van der Waals surface area contributed by atoms with E-state index in [-0.39, 0.29) is 0 Å². The number of rotatable bonds is 5. The lowest BCUT2D eigenvalue weighted by molar-refractivity contribution is 0.279. The van der Waals surface area contributed by atoms with E-state index in [1.54, 1.807) is 0 Å². The topological polar surface area (TPSA) is 12.5 Å². The van der Waals surface area contributed by atoms with E-state index in [1.165, 1.54) is 11.1 Å². The average Bonchev–Trinajstić information content (AvgIpc) is 2.14. The Kier molecular flexibility index (Phi) is 5.29. The van der Waals surface area contributed by atoms with Gasteiger partial charge in [0, 0.05) is 11.0 Å². The second kappa shape index (κ2) is 6.26. The Morgan fingerprint density at radius 3 is 2.25 bits per heavy atom. The van der Waals surface area contributed by atoms with E-state index in [9.17, 15) is 0 Å². The molecule has 0 saturated carbocycles. The zero-order chi connectivity index (χ0) is 12.1. The molecule has 90 valence electrons. The van der Waals surface area contributed by atoms with Crippen molar-refractivity contribution in [1.29, 1.82) is 0 Å². The van der Waals surface area contributed by atoms with Crippen molar-refractivity contribution in [2.45, 2.75) is 20.3 Å². The summed E-state index contributed by atoms with van der Waals surface area (Å²) in [6, 6.07) is 4.18. The van der Waals surface area contributed by atoms with Crippen LogP contribution >= 0.6 is 15.9 Å². The highest BCUT2D eigenvalue weighted by molar-refractivity contribution is 9.10. The largest absolute Gasteiger partial charge is 0.493 e. The van der Waals surface area contributed by atoms with Crippen LogP contribution in [0.1, 0.15) is 17.5 Å². The van der Waals surface area contributed by atoms with Gasteiger partial charge in [-0.15, -0.1) is 0 Å². The maximum Gasteiger partial charge on any atom is 0.125 e. The third-order valence-corrected chi connectivity index (χ3v) is 2.88. The lowest BCUT2D eigenvalue weighted by Gasteiger charge is -2.14. The fraction of sp³-hybridized carbons (Fsp3) is 0.538. The molecule has 1 rings (SSSR count). The first-order valence-electron chi connectivity index (χ1n) is 5.55. The highest BCUT2D eigenvalue weighted by Crippen LogP contribution is 2.27. The molecule has 0 amide bonds. The summed E-state index contributed by atoms with van der Waals surface area (Å²) in [7, 11) is 4.16. The summed E-state index contributed by atoms with van der Waals surface area (Å²) < 4.78 is 6.94. The maximum atomic E-state index is 5.83. The van der Waals surface area contributed by atoms with Gasteiger partial charge in [-0.2, -0.15) is 0 Å². The van der Waals surface area contributed by atoms with E-state index in [0.717, 1.165) is 29.8 Å². The first-order valence-corrected chi connectivity index (χ1v) is 6.34. The van der Waals surface area contributed by atoms with Crippen LogP contribution in [0, 0.1) is 13.8 Å². The minimum Gasteiger partial charge on any atom is -0.493 e. The van der Waals surface area contributed by atoms with Gasteiger partial charge in [0.05, 0.1) is 6.61 Å². The summed E-state index contributed by atoms with van der Waals surface area (Å²) >= 11 is 3.49. The normalized spacial score (nSPS) is 10.9. The molecular formula is C13H20BrNO.